The summed E-state index contributed by atoms with van der Waals surface area (Å²) >= 11 is 0. The Morgan fingerprint density at radius 3 is 1.87 bits per heavy atom. The van der Waals surface area contributed by atoms with Gasteiger partial charge in [0.2, 0.25) is 0 Å². The van der Waals surface area contributed by atoms with Gasteiger partial charge in [0.1, 0.15) is 17.2 Å². The lowest BCUT2D eigenvalue weighted by Crippen LogP contribution is -2.40. The SMILES string of the molecule is CCC(C)CC(=O)OCC(C)C(c1ccc(OC(=O)OC(C)(C)C)c(OC(=O)OC(C)(C)C)c1)[C@H](N)C(=O)O. The second-order valence-electron chi connectivity index (χ2n) is 11.6. The van der Waals surface area contributed by atoms with Gasteiger partial charge in [-0.1, -0.05) is 33.3 Å². The first kappa shape index (κ1) is 33.7. The molecule has 0 aromatic heterocycles. The molecule has 1 aromatic carbocycles. The number of aliphatic carboxylic acids is 1. The molecule has 3 unspecified atom stereocenters. The Morgan fingerprint density at radius 2 is 1.41 bits per heavy atom. The van der Waals surface area contributed by atoms with Crippen molar-refractivity contribution in [2.24, 2.45) is 17.6 Å². The van der Waals surface area contributed by atoms with Gasteiger partial charge in [-0.2, -0.15) is 0 Å². The van der Waals surface area contributed by atoms with Crippen LogP contribution in [0.15, 0.2) is 18.2 Å². The number of benzene rings is 1. The van der Waals surface area contributed by atoms with Crippen LogP contribution in [0.2, 0.25) is 0 Å². The van der Waals surface area contributed by atoms with E-state index in [2.05, 4.69) is 0 Å². The average molecular weight is 554 g/mol. The van der Waals surface area contributed by atoms with Crippen molar-refractivity contribution in [1.29, 1.82) is 0 Å². The fourth-order valence-electron chi connectivity index (χ4n) is 3.48. The standard InChI is InChI=1S/C28H43NO10/c1-10-16(2)13-21(30)35-15-17(3)22(23(29)24(31)32)18-11-12-19(36-25(33)38-27(4,5)6)20(14-18)37-26(34)39-28(7,8)9/h11-12,14,16-17,22-23H,10,13,15,29H2,1-9H3,(H,31,32)/t16?,17?,22?,23-/m0/s1. The van der Waals surface area contributed by atoms with Gasteiger partial charge in [0, 0.05) is 12.3 Å². The van der Waals surface area contributed by atoms with Gasteiger partial charge in [0.05, 0.1) is 6.61 Å². The summed E-state index contributed by atoms with van der Waals surface area (Å²) in [6.07, 6.45) is -1.05. The normalized spacial score (nSPS) is 14.8. The number of ether oxygens (including phenoxy) is 5. The molecule has 1 aromatic rings. The minimum Gasteiger partial charge on any atom is -0.480 e. The maximum Gasteiger partial charge on any atom is 0.514 e. The smallest absolute Gasteiger partial charge is 0.480 e. The monoisotopic (exact) mass is 553 g/mol. The third kappa shape index (κ3) is 12.4. The van der Waals surface area contributed by atoms with E-state index in [1.807, 2.05) is 13.8 Å². The molecule has 4 atom stereocenters. The molecule has 0 aliphatic rings. The van der Waals surface area contributed by atoms with Gasteiger partial charge in [-0.15, -0.1) is 0 Å². The number of carbonyl (C=O) groups is 4. The topological polar surface area (TPSA) is 161 Å². The molecule has 1 rings (SSSR count). The molecular weight excluding hydrogens is 510 g/mol. The Kier molecular flexibility index (Phi) is 12.2. The first-order chi connectivity index (χ1) is 17.8. The fraction of sp³-hybridized carbons (Fsp3) is 0.643. The summed E-state index contributed by atoms with van der Waals surface area (Å²) in [6, 6.07) is 2.78. The molecule has 0 aliphatic heterocycles. The molecule has 11 nitrogen and oxygen atoms in total. The highest BCUT2D eigenvalue weighted by Crippen LogP contribution is 2.36. The first-order valence-corrected chi connectivity index (χ1v) is 12.9. The van der Waals surface area contributed by atoms with E-state index in [0.717, 1.165) is 6.42 Å². The van der Waals surface area contributed by atoms with Crippen LogP contribution in [-0.2, 0) is 23.8 Å². The minimum atomic E-state index is -1.39. The van der Waals surface area contributed by atoms with E-state index in [1.54, 1.807) is 48.5 Å². The highest BCUT2D eigenvalue weighted by atomic mass is 16.8. The van der Waals surface area contributed by atoms with Crippen LogP contribution in [-0.4, -0.2) is 53.2 Å². The zero-order valence-corrected chi connectivity index (χ0v) is 24.4. The number of esters is 1. The van der Waals surface area contributed by atoms with E-state index < -0.39 is 53.3 Å². The third-order valence-electron chi connectivity index (χ3n) is 5.52. The van der Waals surface area contributed by atoms with Crippen LogP contribution in [0, 0.1) is 11.8 Å². The van der Waals surface area contributed by atoms with Gasteiger partial charge in [-0.05, 0) is 71.1 Å². The lowest BCUT2D eigenvalue weighted by atomic mass is 9.82. The summed E-state index contributed by atoms with van der Waals surface area (Å²) in [5.74, 6) is -3.30. The summed E-state index contributed by atoms with van der Waals surface area (Å²) in [5, 5.41) is 9.69. The van der Waals surface area contributed by atoms with Crippen LogP contribution in [0.3, 0.4) is 0 Å². The Balaban J connectivity index is 3.38. The molecular formula is C28H43NO10. The molecule has 0 bridgehead atoms. The van der Waals surface area contributed by atoms with Crippen LogP contribution in [0.4, 0.5) is 9.59 Å². The van der Waals surface area contributed by atoms with Crippen molar-refractivity contribution in [1.82, 2.24) is 0 Å². The zero-order valence-electron chi connectivity index (χ0n) is 24.4. The van der Waals surface area contributed by atoms with E-state index in [-0.39, 0.29) is 30.4 Å². The van der Waals surface area contributed by atoms with Gasteiger partial charge in [0.25, 0.3) is 0 Å². The second kappa shape index (κ2) is 14.2. The van der Waals surface area contributed by atoms with Crippen molar-refractivity contribution >= 4 is 24.2 Å². The van der Waals surface area contributed by atoms with Crippen molar-refractivity contribution in [3.05, 3.63) is 23.8 Å². The molecule has 0 saturated carbocycles. The van der Waals surface area contributed by atoms with Crippen LogP contribution in [0.5, 0.6) is 11.5 Å². The first-order valence-electron chi connectivity index (χ1n) is 12.9. The largest absolute Gasteiger partial charge is 0.514 e. The van der Waals surface area contributed by atoms with Gasteiger partial charge in [0.15, 0.2) is 11.5 Å². The quantitative estimate of drug-likeness (QED) is 0.204. The molecule has 3 N–H and O–H groups in total. The van der Waals surface area contributed by atoms with E-state index in [4.69, 9.17) is 29.4 Å². The number of rotatable bonds is 11. The van der Waals surface area contributed by atoms with Crippen LogP contribution < -0.4 is 15.2 Å². The lowest BCUT2D eigenvalue weighted by molar-refractivity contribution is -0.146. The molecule has 0 fully saturated rings. The Hall–Kier alpha value is -3.34. The van der Waals surface area contributed by atoms with Crippen LogP contribution >= 0.6 is 0 Å². The highest BCUT2D eigenvalue weighted by Gasteiger charge is 2.33. The molecule has 11 heteroatoms. The molecule has 220 valence electrons. The molecule has 0 amide bonds. The van der Waals surface area contributed by atoms with Gasteiger partial charge in [-0.25, -0.2) is 9.59 Å². The molecule has 0 radical (unpaired) electrons. The summed E-state index contributed by atoms with van der Waals surface area (Å²) in [4.78, 5) is 48.8. The van der Waals surface area contributed by atoms with E-state index >= 15 is 0 Å². The number of carboxylic acid groups (broad SMARTS) is 1. The molecule has 0 aliphatic carbocycles. The number of hydrogen-bond acceptors (Lipinski definition) is 10. The molecule has 39 heavy (non-hydrogen) atoms. The van der Waals surface area contributed by atoms with Crippen LogP contribution in [0.1, 0.15) is 86.6 Å². The number of nitrogens with two attached hydrogens (primary N) is 1. The molecule has 0 saturated heterocycles. The second-order valence-corrected chi connectivity index (χ2v) is 11.6. The Bertz CT molecular complexity index is 1010. The lowest BCUT2D eigenvalue weighted by Gasteiger charge is -2.28. The zero-order chi connectivity index (χ0) is 30.1. The summed E-state index contributed by atoms with van der Waals surface area (Å²) in [7, 11) is 0. The summed E-state index contributed by atoms with van der Waals surface area (Å²) in [6.45, 7) is 15.4. The van der Waals surface area contributed by atoms with Crippen molar-refractivity contribution in [2.75, 3.05) is 6.61 Å². The molecule has 0 spiro atoms. The molecule has 0 heterocycles. The fourth-order valence-corrected chi connectivity index (χ4v) is 3.48. The van der Waals surface area contributed by atoms with E-state index in [1.165, 1.54) is 18.2 Å². The summed E-state index contributed by atoms with van der Waals surface area (Å²) in [5.41, 5.74) is 4.68. The Morgan fingerprint density at radius 1 is 0.897 bits per heavy atom. The van der Waals surface area contributed by atoms with E-state index in [0.29, 0.717) is 5.56 Å². The van der Waals surface area contributed by atoms with Gasteiger partial charge in [-0.3, -0.25) is 9.59 Å². The van der Waals surface area contributed by atoms with Crippen LogP contribution in [0.25, 0.3) is 0 Å². The van der Waals surface area contributed by atoms with Crippen molar-refractivity contribution in [2.45, 2.75) is 98.3 Å². The predicted octanol–water partition coefficient (Wildman–Crippen LogP) is 5.43. The average Bonchev–Trinajstić information content (AvgIpc) is 2.76. The third-order valence-corrected chi connectivity index (χ3v) is 5.52. The van der Waals surface area contributed by atoms with Gasteiger partial charge >= 0.3 is 24.2 Å². The highest BCUT2D eigenvalue weighted by molar-refractivity contribution is 5.75. The number of carbonyl (C=O) groups excluding carboxylic acids is 3. The number of carboxylic acids is 1. The van der Waals surface area contributed by atoms with E-state index in [9.17, 15) is 24.3 Å². The number of hydrogen-bond donors (Lipinski definition) is 2. The van der Waals surface area contributed by atoms with Gasteiger partial charge < -0.3 is 34.5 Å². The predicted molar refractivity (Wildman–Crippen MR) is 143 cm³/mol. The maximum absolute atomic E-state index is 12.4. The van der Waals surface area contributed by atoms with Crippen molar-refractivity contribution < 1.29 is 48.0 Å². The van der Waals surface area contributed by atoms with Crippen molar-refractivity contribution in [3.8, 4) is 11.5 Å². The van der Waals surface area contributed by atoms with Crippen molar-refractivity contribution in [3.63, 3.8) is 0 Å². The Labute approximate surface area is 230 Å². The maximum atomic E-state index is 12.4. The minimum absolute atomic E-state index is 0.0840. The summed E-state index contributed by atoms with van der Waals surface area (Å²) < 4.78 is 26.4.